The summed E-state index contributed by atoms with van der Waals surface area (Å²) in [7, 11) is -2.93. The van der Waals surface area contributed by atoms with Gasteiger partial charge in [-0.05, 0) is 171 Å². The van der Waals surface area contributed by atoms with Gasteiger partial charge in [-0.25, -0.2) is 0 Å². The summed E-state index contributed by atoms with van der Waals surface area (Å²) in [5, 5.41) is 5.27. The van der Waals surface area contributed by atoms with E-state index in [9.17, 15) is 0 Å². The highest BCUT2D eigenvalue weighted by atomic mass is 79.9. The molecule has 0 amide bonds. The number of hydrogen-bond acceptors (Lipinski definition) is 2. The van der Waals surface area contributed by atoms with E-state index in [2.05, 4.69) is 267 Å². The molecule has 0 aromatic heterocycles. The predicted octanol–water partition coefficient (Wildman–Crippen LogP) is 14.0. The molecule has 0 aliphatic rings. The third-order valence-corrected chi connectivity index (χ3v) is 17.9. The summed E-state index contributed by atoms with van der Waals surface area (Å²) in [5.41, 5.74) is 17.0. The van der Waals surface area contributed by atoms with Gasteiger partial charge in [0.05, 0.1) is 0 Å². The van der Waals surface area contributed by atoms with Crippen LogP contribution in [0.4, 0.5) is 34.1 Å². The van der Waals surface area contributed by atoms with Crippen LogP contribution in [0.2, 0.25) is 0 Å². The van der Waals surface area contributed by atoms with E-state index in [0.29, 0.717) is 0 Å². The van der Waals surface area contributed by atoms with Crippen LogP contribution in [0, 0.1) is 55.4 Å². The van der Waals surface area contributed by atoms with Crippen molar-refractivity contribution in [2.75, 3.05) is 9.80 Å². The molecule has 0 aliphatic heterocycles. The van der Waals surface area contributed by atoms with Gasteiger partial charge in [-0.3, -0.25) is 0 Å². The molecule has 0 fully saturated rings. The molecule has 0 spiro atoms. The highest BCUT2D eigenvalue weighted by Gasteiger charge is 2.42. The SMILES string of the molecule is Cc1ccc(N(c2ccc([Si](c3ccc(Br)cc3)(c3ccc(Br)cc3)c3ccc(N(c4ccc(C)cc4C)c4ccc(C)cc4C)cc3)cc2)c2ccc(C)cc2C)c(C)c1. The van der Waals surface area contributed by atoms with Gasteiger partial charge in [0.1, 0.15) is 0 Å². The van der Waals surface area contributed by atoms with Gasteiger partial charge in [-0.2, -0.15) is 0 Å². The molecule has 0 heterocycles. The number of benzene rings is 8. The van der Waals surface area contributed by atoms with Crippen LogP contribution in [0.5, 0.6) is 0 Å². The Balaban J connectivity index is 1.35. The van der Waals surface area contributed by atoms with E-state index < -0.39 is 8.07 Å². The Morgan fingerprint density at radius 3 is 0.754 bits per heavy atom. The van der Waals surface area contributed by atoms with E-state index in [0.717, 1.165) is 20.3 Å². The molecule has 0 saturated carbocycles. The Morgan fingerprint density at radius 1 is 0.295 bits per heavy atom. The highest BCUT2D eigenvalue weighted by Crippen LogP contribution is 2.40. The van der Waals surface area contributed by atoms with Gasteiger partial charge in [0.25, 0.3) is 0 Å². The molecule has 0 bridgehead atoms. The van der Waals surface area contributed by atoms with E-state index in [-0.39, 0.29) is 0 Å². The minimum Gasteiger partial charge on any atom is -0.310 e. The van der Waals surface area contributed by atoms with Crippen LogP contribution in [-0.4, -0.2) is 8.07 Å². The zero-order chi connectivity index (χ0) is 43.0. The molecule has 8 rings (SSSR count). The quantitative estimate of drug-likeness (QED) is 0.0996. The maximum Gasteiger partial charge on any atom is 0.179 e. The topological polar surface area (TPSA) is 6.48 Å². The Labute approximate surface area is 380 Å². The van der Waals surface area contributed by atoms with Crippen molar-refractivity contribution in [2.24, 2.45) is 0 Å². The first-order valence-corrected chi connectivity index (χ1v) is 24.5. The Bertz CT molecular complexity index is 2550. The van der Waals surface area contributed by atoms with Gasteiger partial charge >= 0.3 is 0 Å². The Hall–Kier alpha value is -5.46. The fraction of sp³-hybridized carbons (Fsp3) is 0.143. The van der Waals surface area contributed by atoms with Gasteiger partial charge < -0.3 is 9.80 Å². The van der Waals surface area contributed by atoms with Crippen molar-refractivity contribution >= 4 is 94.8 Å². The van der Waals surface area contributed by atoms with Crippen LogP contribution in [-0.2, 0) is 0 Å². The van der Waals surface area contributed by atoms with Gasteiger partial charge in [-0.1, -0.05) is 151 Å². The molecule has 8 aromatic rings. The molecular formula is C56H52Br2N2Si. The summed E-state index contributed by atoms with van der Waals surface area (Å²) in [6, 6.07) is 64.1. The van der Waals surface area contributed by atoms with Crippen molar-refractivity contribution in [1.29, 1.82) is 0 Å². The van der Waals surface area contributed by atoms with E-state index in [1.807, 2.05) is 0 Å². The number of halogens is 2. The Kier molecular flexibility index (Phi) is 12.1. The van der Waals surface area contributed by atoms with Crippen molar-refractivity contribution in [3.8, 4) is 0 Å². The Morgan fingerprint density at radius 2 is 0.525 bits per heavy atom. The molecule has 0 aliphatic carbocycles. The molecule has 2 nitrogen and oxygen atoms in total. The van der Waals surface area contributed by atoms with Crippen LogP contribution in [0.25, 0.3) is 0 Å². The van der Waals surface area contributed by atoms with Gasteiger partial charge in [-0.15, -0.1) is 0 Å². The van der Waals surface area contributed by atoms with Crippen molar-refractivity contribution in [3.05, 3.63) is 223 Å². The van der Waals surface area contributed by atoms with E-state index in [4.69, 9.17) is 0 Å². The summed E-state index contributed by atoms with van der Waals surface area (Å²) in [4.78, 5) is 4.86. The smallest absolute Gasteiger partial charge is 0.179 e. The number of nitrogens with zero attached hydrogens (tertiary/aromatic N) is 2. The molecule has 0 saturated heterocycles. The van der Waals surface area contributed by atoms with Crippen LogP contribution < -0.4 is 30.5 Å². The average molecular weight is 941 g/mol. The first-order valence-electron chi connectivity index (χ1n) is 21.0. The lowest BCUT2D eigenvalue weighted by Gasteiger charge is -2.36. The fourth-order valence-electron chi connectivity index (χ4n) is 9.16. The van der Waals surface area contributed by atoms with Gasteiger partial charge in [0, 0.05) is 43.1 Å². The molecule has 61 heavy (non-hydrogen) atoms. The molecule has 0 atom stereocenters. The van der Waals surface area contributed by atoms with Crippen LogP contribution in [0.1, 0.15) is 44.5 Å². The number of hydrogen-bond donors (Lipinski definition) is 0. The molecule has 0 unspecified atom stereocenters. The molecule has 5 heteroatoms. The van der Waals surface area contributed by atoms with Crippen molar-refractivity contribution in [1.82, 2.24) is 0 Å². The molecule has 0 N–H and O–H groups in total. The van der Waals surface area contributed by atoms with Crippen molar-refractivity contribution in [2.45, 2.75) is 55.4 Å². The zero-order valence-electron chi connectivity index (χ0n) is 36.3. The molecule has 8 aromatic carbocycles. The molecule has 304 valence electrons. The minimum absolute atomic E-state index is 1.07. The van der Waals surface area contributed by atoms with E-state index >= 15 is 0 Å². The van der Waals surface area contributed by atoms with E-state index in [1.54, 1.807) is 0 Å². The summed E-state index contributed by atoms with van der Waals surface area (Å²) in [6.45, 7) is 17.5. The number of aryl methyl sites for hydroxylation is 8. The van der Waals surface area contributed by atoms with Gasteiger partial charge in [0.15, 0.2) is 8.07 Å². The molecule has 0 radical (unpaired) electrons. The average Bonchev–Trinajstić information content (AvgIpc) is 3.23. The fourth-order valence-corrected chi connectivity index (χ4v) is 14.4. The van der Waals surface area contributed by atoms with Crippen LogP contribution in [0.3, 0.4) is 0 Å². The van der Waals surface area contributed by atoms with E-state index in [1.165, 1.54) is 88.0 Å². The largest absolute Gasteiger partial charge is 0.310 e. The predicted molar refractivity (Wildman–Crippen MR) is 273 cm³/mol. The van der Waals surface area contributed by atoms with Crippen molar-refractivity contribution < 1.29 is 0 Å². The summed E-state index contributed by atoms with van der Waals surface area (Å²) in [6.07, 6.45) is 0. The lowest BCUT2D eigenvalue weighted by Crippen LogP contribution is -2.74. The van der Waals surface area contributed by atoms with Crippen LogP contribution >= 0.6 is 31.9 Å². The standard InChI is InChI=1S/C56H52Br2N2Si/c1-37-9-29-53(41(5)33-37)59(54-30-10-38(2)34-42(54)6)47-17-25-51(26-18-47)61(49-21-13-45(57)14-22-49,50-23-15-46(58)16-24-50)52-27-19-48(20-28-52)60(55-31-11-39(3)35-43(55)7)56-32-12-40(4)36-44(56)8/h9-36H,1-8H3. The lowest BCUT2D eigenvalue weighted by molar-refractivity contribution is 1.21. The maximum absolute atomic E-state index is 3.77. The monoisotopic (exact) mass is 938 g/mol. The number of rotatable bonds is 10. The van der Waals surface area contributed by atoms with Crippen molar-refractivity contribution in [3.63, 3.8) is 0 Å². The second-order valence-electron chi connectivity index (χ2n) is 16.7. The molecular weight excluding hydrogens is 889 g/mol. The second-order valence-corrected chi connectivity index (χ2v) is 22.3. The summed E-state index contributed by atoms with van der Waals surface area (Å²) in [5.74, 6) is 0. The maximum atomic E-state index is 3.77. The summed E-state index contributed by atoms with van der Waals surface area (Å²) >= 11 is 7.54. The van der Waals surface area contributed by atoms with Crippen LogP contribution in [0.15, 0.2) is 179 Å². The zero-order valence-corrected chi connectivity index (χ0v) is 40.5. The first kappa shape index (κ1) is 42.2. The summed E-state index contributed by atoms with van der Waals surface area (Å²) < 4.78 is 2.13. The second kappa shape index (κ2) is 17.5. The normalized spacial score (nSPS) is 11.4. The lowest BCUT2D eigenvalue weighted by atomic mass is 10.0. The first-order chi connectivity index (χ1) is 29.3. The number of anilines is 6. The third-order valence-electron chi connectivity index (χ3n) is 12.0. The minimum atomic E-state index is -2.93. The highest BCUT2D eigenvalue weighted by molar-refractivity contribution is 9.10. The van der Waals surface area contributed by atoms with Gasteiger partial charge in [0.2, 0.25) is 0 Å². The third kappa shape index (κ3) is 8.32.